The third-order valence-corrected chi connectivity index (χ3v) is 3.70. The first-order valence-electron chi connectivity index (χ1n) is 6.78. The number of nitrogens with two attached hydrogens (primary N) is 1. The molecule has 0 saturated carbocycles. The summed E-state index contributed by atoms with van der Waals surface area (Å²) in [5.74, 6) is 0.685. The topological polar surface area (TPSA) is 49.6 Å². The Balaban J connectivity index is 2.04. The van der Waals surface area contributed by atoms with Crippen LogP contribution >= 0.6 is 0 Å². The number of rotatable bonds is 5. The van der Waals surface area contributed by atoms with E-state index in [4.69, 9.17) is 5.73 Å². The van der Waals surface area contributed by atoms with Crippen molar-refractivity contribution in [2.75, 3.05) is 32.1 Å². The minimum absolute atomic E-state index is 0.178. The van der Waals surface area contributed by atoms with Crippen LogP contribution in [0.2, 0.25) is 0 Å². The highest BCUT2D eigenvalue weighted by Gasteiger charge is 2.23. The average molecular weight is 261 g/mol. The molecule has 1 aromatic carbocycles. The highest BCUT2D eigenvalue weighted by molar-refractivity contribution is 6.00. The van der Waals surface area contributed by atoms with Crippen molar-refractivity contribution in [3.05, 3.63) is 29.3 Å². The van der Waals surface area contributed by atoms with Crippen molar-refractivity contribution in [2.45, 2.75) is 19.9 Å². The van der Waals surface area contributed by atoms with Gasteiger partial charge in [0, 0.05) is 25.8 Å². The largest absolute Gasteiger partial charge is 0.330 e. The highest BCUT2D eigenvalue weighted by Crippen LogP contribution is 2.28. The molecule has 2 N–H and O–H groups in total. The third kappa shape index (κ3) is 3.14. The molecule has 1 heterocycles. The molecular formula is C15H23N3O. The minimum atomic E-state index is 0.178. The van der Waals surface area contributed by atoms with Gasteiger partial charge in [-0.1, -0.05) is 19.1 Å². The van der Waals surface area contributed by atoms with E-state index in [1.54, 1.807) is 4.90 Å². The fraction of sp³-hybridized carbons (Fsp3) is 0.533. The Morgan fingerprint density at radius 2 is 2.21 bits per heavy atom. The molecule has 0 spiro atoms. The molecule has 1 unspecified atom stereocenters. The maximum atomic E-state index is 11.7. The second kappa shape index (κ2) is 5.72. The van der Waals surface area contributed by atoms with Crippen LogP contribution in [0.3, 0.4) is 0 Å². The monoisotopic (exact) mass is 261 g/mol. The second-order valence-corrected chi connectivity index (χ2v) is 5.63. The molecule has 4 nitrogen and oxygen atoms in total. The maximum Gasteiger partial charge on any atom is 0.231 e. The number of hydrogen-bond acceptors (Lipinski definition) is 3. The van der Waals surface area contributed by atoms with E-state index in [-0.39, 0.29) is 5.91 Å². The summed E-state index contributed by atoms with van der Waals surface area (Å²) in [6.07, 6.45) is 0.530. The smallest absolute Gasteiger partial charge is 0.231 e. The van der Waals surface area contributed by atoms with Gasteiger partial charge >= 0.3 is 0 Å². The maximum absolute atomic E-state index is 11.7. The van der Waals surface area contributed by atoms with Crippen molar-refractivity contribution in [3.63, 3.8) is 0 Å². The molecule has 0 bridgehead atoms. The van der Waals surface area contributed by atoms with Gasteiger partial charge in [-0.2, -0.15) is 0 Å². The SMILES string of the molecule is CC(CN)CN(C)Cc1ccc2c(c1)CC(=O)N2C. The summed E-state index contributed by atoms with van der Waals surface area (Å²) in [7, 11) is 3.94. The third-order valence-electron chi connectivity index (χ3n) is 3.70. The first kappa shape index (κ1) is 14.0. The molecule has 1 aliphatic heterocycles. The molecule has 4 heteroatoms. The minimum Gasteiger partial charge on any atom is -0.330 e. The van der Waals surface area contributed by atoms with Gasteiger partial charge in [0.25, 0.3) is 0 Å². The fourth-order valence-electron chi connectivity index (χ4n) is 2.60. The normalized spacial score (nSPS) is 16.1. The summed E-state index contributed by atoms with van der Waals surface area (Å²) >= 11 is 0. The van der Waals surface area contributed by atoms with E-state index in [0.717, 1.165) is 24.3 Å². The molecule has 1 aromatic rings. The predicted octanol–water partition coefficient (Wildman–Crippen LogP) is 1.23. The van der Waals surface area contributed by atoms with E-state index < -0.39 is 0 Å². The van der Waals surface area contributed by atoms with Crippen LogP contribution in [0.15, 0.2) is 18.2 Å². The molecule has 1 amide bonds. The van der Waals surface area contributed by atoms with Crippen LogP contribution in [-0.4, -0.2) is 38.0 Å². The van der Waals surface area contributed by atoms with Gasteiger partial charge in [0.15, 0.2) is 0 Å². The van der Waals surface area contributed by atoms with Gasteiger partial charge in [-0.05, 0) is 36.7 Å². The molecular weight excluding hydrogens is 238 g/mol. The predicted molar refractivity (Wildman–Crippen MR) is 78.1 cm³/mol. The van der Waals surface area contributed by atoms with Crippen LogP contribution < -0.4 is 10.6 Å². The van der Waals surface area contributed by atoms with Crippen molar-refractivity contribution in [1.29, 1.82) is 0 Å². The summed E-state index contributed by atoms with van der Waals surface area (Å²) in [6.45, 7) is 4.77. The van der Waals surface area contributed by atoms with Crippen LogP contribution in [-0.2, 0) is 17.8 Å². The summed E-state index contributed by atoms with van der Waals surface area (Å²) in [5, 5.41) is 0. The number of nitrogens with zero attached hydrogens (tertiary/aromatic N) is 2. The van der Waals surface area contributed by atoms with E-state index in [2.05, 4.69) is 37.1 Å². The van der Waals surface area contributed by atoms with Crippen LogP contribution in [0.1, 0.15) is 18.1 Å². The Labute approximate surface area is 115 Å². The van der Waals surface area contributed by atoms with Crippen LogP contribution in [0.5, 0.6) is 0 Å². The van der Waals surface area contributed by atoms with Crippen molar-refractivity contribution >= 4 is 11.6 Å². The van der Waals surface area contributed by atoms with Gasteiger partial charge in [-0.15, -0.1) is 0 Å². The summed E-state index contributed by atoms with van der Waals surface area (Å²) in [4.78, 5) is 15.7. The average Bonchev–Trinajstić information content (AvgIpc) is 2.64. The zero-order valence-electron chi connectivity index (χ0n) is 12.0. The van der Waals surface area contributed by atoms with Crippen LogP contribution in [0, 0.1) is 5.92 Å². The van der Waals surface area contributed by atoms with Gasteiger partial charge < -0.3 is 15.5 Å². The summed E-state index contributed by atoms with van der Waals surface area (Å²) < 4.78 is 0. The lowest BCUT2D eigenvalue weighted by molar-refractivity contribution is -0.117. The molecule has 104 valence electrons. The quantitative estimate of drug-likeness (QED) is 0.867. The zero-order valence-corrected chi connectivity index (χ0v) is 12.0. The number of likely N-dealkylation sites (N-methyl/N-ethyl adjacent to an activating group) is 1. The molecule has 0 aromatic heterocycles. The number of fused-ring (bicyclic) bond motifs is 1. The van der Waals surface area contributed by atoms with Crippen molar-refractivity contribution in [3.8, 4) is 0 Å². The van der Waals surface area contributed by atoms with E-state index in [1.165, 1.54) is 5.56 Å². The van der Waals surface area contributed by atoms with Gasteiger partial charge in [-0.25, -0.2) is 0 Å². The van der Waals surface area contributed by atoms with Crippen molar-refractivity contribution in [2.24, 2.45) is 11.7 Å². The van der Waals surface area contributed by atoms with Gasteiger partial charge in [0.1, 0.15) is 0 Å². The van der Waals surface area contributed by atoms with Gasteiger partial charge in [0.2, 0.25) is 5.91 Å². The highest BCUT2D eigenvalue weighted by atomic mass is 16.2. The molecule has 19 heavy (non-hydrogen) atoms. The van der Waals surface area contributed by atoms with Gasteiger partial charge in [-0.3, -0.25) is 4.79 Å². The molecule has 1 atom stereocenters. The number of anilines is 1. The van der Waals surface area contributed by atoms with Crippen LogP contribution in [0.25, 0.3) is 0 Å². The Kier molecular flexibility index (Phi) is 4.22. The lowest BCUT2D eigenvalue weighted by Crippen LogP contribution is -2.28. The van der Waals surface area contributed by atoms with E-state index in [9.17, 15) is 4.79 Å². The number of amides is 1. The molecule has 0 aliphatic carbocycles. The van der Waals surface area contributed by atoms with E-state index in [0.29, 0.717) is 18.9 Å². The molecule has 0 saturated heterocycles. The number of hydrogen-bond donors (Lipinski definition) is 1. The Bertz CT molecular complexity index is 472. The lowest BCUT2D eigenvalue weighted by atomic mass is 10.1. The number of carbonyl (C=O) groups is 1. The Morgan fingerprint density at radius 3 is 2.89 bits per heavy atom. The molecule has 0 fully saturated rings. The standard InChI is InChI=1S/C15H23N3O/c1-11(8-16)9-17(2)10-12-4-5-14-13(6-12)7-15(19)18(14)3/h4-6,11H,7-10,16H2,1-3H3. The fourth-order valence-corrected chi connectivity index (χ4v) is 2.60. The Hall–Kier alpha value is -1.39. The van der Waals surface area contributed by atoms with Crippen LogP contribution in [0.4, 0.5) is 5.69 Å². The summed E-state index contributed by atoms with van der Waals surface area (Å²) in [6, 6.07) is 6.31. The molecule has 1 aliphatic rings. The first-order chi connectivity index (χ1) is 9.01. The van der Waals surface area contributed by atoms with E-state index in [1.807, 2.05) is 7.05 Å². The first-order valence-corrected chi connectivity index (χ1v) is 6.78. The summed E-state index contributed by atoms with van der Waals surface area (Å²) in [5.41, 5.74) is 9.10. The molecule has 0 radical (unpaired) electrons. The van der Waals surface area contributed by atoms with E-state index >= 15 is 0 Å². The second-order valence-electron chi connectivity index (χ2n) is 5.63. The zero-order chi connectivity index (χ0) is 14.0. The van der Waals surface area contributed by atoms with Gasteiger partial charge in [0.05, 0.1) is 6.42 Å². The van der Waals surface area contributed by atoms with Crippen molar-refractivity contribution in [1.82, 2.24) is 4.90 Å². The molecule has 2 rings (SSSR count). The lowest BCUT2D eigenvalue weighted by Gasteiger charge is -2.20. The van der Waals surface area contributed by atoms with Crippen molar-refractivity contribution < 1.29 is 4.79 Å². The number of benzene rings is 1. The Morgan fingerprint density at radius 1 is 1.47 bits per heavy atom. The number of carbonyl (C=O) groups excluding carboxylic acids is 1.